The third-order valence-electron chi connectivity index (χ3n) is 1.11. The van der Waals surface area contributed by atoms with Crippen molar-refractivity contribution in [2.75, 3.05) is 0 Å². The largest absolute Gasteiger partial charge is 0.481 e. The highest BCUT2D eigenvalue weighted by Crippen LogP contribution is 2.05. The molecule has 1 N–H and O–H groups in total. The Hall–Kier alpha value is -0.790. The van der Waals surface area contributed by atoms with Gasteiger partial charge in [-0.2, -0.15) is 0 Å². The van der Waals surface area contributed by atoms with Gasteiger partial charge in [-0.3, -0.25) is 4.79 Å². The lowest BCUT2D eigenvalue weighted by atomic mass is 10.1. The molecule has 8 heavy (non-hydrogen) atoms. The summed E-state index contributed by atoms with van der Waals surface area (Å²) in [6.45, 7) is 6.82. The zero-order valence-corrected chi connectivity index (χ0v) is 5.14. The summed E-state index contributed by atoms with van der Waals surface area (Å²) < 4.78 is 0. The first-order chi connectivity index (χ1) is 3.55. The van der Waals surface area contributed by atoms with E-state index in [1.807, 2.05) is 0 Å². The number of aliphatic carboxylic acids is 1. The van der Waals surface area contributed by atoms with Gasteiger partial charge in [-0.15, -0.1) is 0 Å². The van der Waals surface area contributed by atoms with E-state index in [2.05, 4.69) is 6.58 Å². The van der Waals surface area contributed by atoms with Crippen molar-refractivity contribution in [1.29, 1.82) is 0 Å². The van der Waals surface area contributed by atoms with E-state index in [1.165, 1.54) is 0 Å². The van der Waals surface area contributed by atoms with Gasteiger partial charge in [-0.05, 0) is 13.8 Å². The molecular weight excluding hydrogens is 104 g/mol. The van der Waals surface area contributed by atoms with Gasteiger partial charge < -0.3 is 5.11 Å². The number of hydrogen-bond donors (Lipinski definition) is 1. The molecule has 0 saturated carbocycles. The van der Waals surface area contributed by atoms with Crippen molar-refractivity contribution in [3.63, 3.8) is 0 Å². The molecule has 0 aromatic rings. The Morgan fingerprint density at radius 3 is 2.12 bits per heavy atom. The van der Waals surface area contributed by atoms with Crippen molar-refractivity contribution in [3.05, 3.63) is 12.2 Å². The average Bonchev–Trinajstić information content (AvgIpc) is 1.64. The smallest absolute Gasteiger partial charge is 0.310 e. The van der Waals surface area contributed by atoms with Crippen LogP contribution in [0.5, 0.6) is 0 Å². The molecular formula is C6H10O2. The number of carboxylic acid groups (broad SMARTS) is 1. The van der Waals surface area contributed by atoms with Gasteiger partial charge in [-0.25, -0.2) is 0 Å². The molecule has 0 rings (SSSR count). The molecule has 0 fully saturated rings. The van der Waals surface area contributed by atoms with E-state index in [-0.39, 0.29) is 0 Å². The van der Waals surface area contributed by atoms with Gasteiger partial charge in [0.1, 0.15) is 0 Å². The summed E-state index contributed by atoms with van der Waals surface area (Å²) in [5, 5.41) is 8.29. The number of carbonyl (C=O) groups is 1. The summed E-state index contributed by atoms with van der Waals surface area (Å²) in [5.74, 6) is -1.22. The summed E-state index contributed by atoms with van der Waals surface area (Å²) in [7, 11) is 0. The quantitative estimate of drug-likeness (QED) is 0.549. The minimum atomic E-state index is -0.808. The van der Waals surface area contributed by atoms with Crippen molar-refractivity contribution < 1.29 is 9.90 Å². The second-order valence-corrected chi connectivity index (χ2v) is 1.91. The highest BCUT2D eigenvalue weighted by Gasteiger charge is 2.09. The normalized spacial score (nSPS) is 12.8. The van der Waals surface area contributed by atoms with Gasteiger partial charge in [0.15, 0.2) is 0 Å². The molecule has 0 saturated heterocycles. The Morgan fingerprint density at radius 1 is 1.75 bits per heavy atom. The van der Waals surface area contributed by atoms with Crippen LogP contribution in [0.2, 0.25) is 0 Å². The number of rotatable bonds is 2. The highest BCUT2D eigenvalue weighted by atomic mass is 16.4. The van der Waals surface area contributed by atoms with E-state index in [4.69, 9.17) is 5.11 Å². The van der Waals surface area contributed by atoms with Crippen LogP contribution in [0.3, 0.4) is 0 Å². The topological polar surface area (TPSA) is 37.3 Å². The molecule has 0 aromatic carbocycles. The fourth-order valence-electron chi connectivity index (χ4n) is 0.211. The Bertz CT molecular complexity index is 102. The van der Waals surface area contributed by atoms with Crippen LogP contribution in [0.1, 0.15) is 13.8 Å². The third-order valence-corrected chi connectivity index (χ3v) is 1.11. The van der Waals surface area contributed by atoms with Crippen LogP contribution in [0.4, 0.5) is 0 Å². The first kappa shape index (κ1) is 7.21. The molecule has 1 atom stereocenters. The van der Waals surface area contributed by atoms with Crippen molar-refractivity contribution in [1.82, 2.24) is 0 Å². The molecule has 0 aliphatic heterocycles. The Morgan fingerprint density at radius 2 is 2.12 bits per heavy atom. The minimum Gasteiger partial charge on any atom is -0.481 e. The first-order valence-electron chi connectivity index (χ1n) is 2.44. The number of carboxylic acids is 1. The SMILES string of the molecule is C=C(C)[C@H](C)C(=O)O. The summed E-state index contributed by atoms with van der Waals surface area (Å²) in [5.41, 5.74) is 0.692. The zero-order valence-electron chi connectivity index (χ0n) is 5.14. The maximum absolute atomic E-state index is 10.1. The van der Waals surface area contributed by atoms with Crippen LogP contribution in [-0.4, -0.2) is 11.1 Å². The Labute approximate surface area is 48.8 Å². The Balaban J connectivity index is 3.83. The van der Waals surface area contributed by atoms with Crippen molar-refractivity contribution in [2.24, 2.45) is 5.92 Å². The Kier molecular flexibility index (Phi) is 2.25. The lowest BCUT2D eigenvalue weighted by Crippen LogP contribution is -2.09. The molecule has 2 nitrogen and oxygen atoms in total. The summed E-state index contributed by atoms with van der Waals surface area (Å²) in [4.78, 5) is 10.1. The van der Waals surface area contributed by atoms with Gasteiger partial charge in [0.25, 0.3) is 0 Å². The highest BCUT2D eigenvalue weighted by molar-refractivity contribution is 5.72. The molecule has 0 aliphatic rings. The number of hydrogen-bond acceptors (Lipinski definition) is 1. The van der Waals surface area contributed by atoms with Crippen LogP contribution < -0.4 is 0 Å². The molecule has 0 spiro atoms. The van der Waals surface area contributed by atoms with E-state index in [9.17, 15) is 4.79 Å². The summed E-state index contributed by atoms with van der Waals surface area (Å²) >= 11 is 0. The van der Waals surface area contributed by atoms with Crippen molar-refractivity contribution in [2.45, 2.75) is 13.8 Å². The molecule has 0 unspecified atom stereocenters. The lowest BCUT2D eigenvalue weighted by Gasteiger charge is -2.01. The van der Waals surface area contributed by atoms with Gasteiger partial charge >= 0.3 is 5.97 Å². The standard InChI is InChI=1S/C6H10O2/c1-4(2)5(3)6(7)8/h5H,1H2,2-3H3,(H,7,8)/t5-/m0/s1. The van der Waals surface area contributed by atoms with Crippen LogP contribution in [0.25, 0.3) is 0 Å². The molecule has 2 heteroatoms. The molecule has 46 valence electrons. The van der Waals surface area contributed by atoms with Gasteiger partial charge in [0, 0.05) is 0 Å². The van der Waals surface area contributed by atoms with E-state index in [1.54, 1.807) is 13.8 Å². The van der Waals surface area contributed by atoms with Gasteiger partial charge in [0.05, 0.1) is 5.92 Å². The molecule has 0 aliphatic carbocycles. The van der Waals surface area contributed by atoms with E-state index in [0.29, 0.717) is 5.57 Å². The first-order valence-corrected chi connectivity index (χ1v) is 2.44. The molecule has 0 bridgehead atoms. The maximum atomic E-state index is 10.1. The van der Waals surface area contributed by atoms with Crippen LogP contribution in [-0.2, 0) is 4.79 Å². The molecule has 0 heterocycles. The van der Waals surface area contributed by atoms with Crippen LogP contribution in [0.15, 0.2) is 12.2 Å². The minimum absolute atomic E-state index is 0.407. The predicted octanol–water partition coefficient (Wildman–Crippen LogP) is 1.28. The molecule has 0 amide bonds. The van der Waals surface area contributed by atoms with E-state index >= 15 is 0 Å². The van der Waals surface area contributed by atoms with Crippen molar-refractivity contribution in [3.8, 4) is 0 Å². The average molecular weight is 114 g/mol. The van der Waals surface area contributed by atoms with E-state index in [0.717, 1.165) is 0 Å². The second kappa shape index (κ2) is 2.50. The monoisotopic (exact) mass is 114 g/mol. The second-order valence-electron chi connectivity index (χ2n) is 1.91. The summed E-state index contributed by atoms with van der Waals surface area (Å²) in [6, 6.07) is 0. The zero-order chi connectivity index (χ0) is 6.73. The van der Waals surface area contributed by atoms with E-state index < -0.39 is 11.9 Å². The summed E-state index contributed by atoms with van der Waals surface area (Å²) in [6.07, 6.45) is 0. The third kappa shape index (κ3) is 1.78. The maximum Gasteiger partial charge on any atom is 0.310 e. The van der Waals surface area contributed by atoms with Crippen LogP contribution >= 0.6 is 0 Å². The van der Waals surface area contributed by atoms with Gasteiger partial charge in [-0.1, -0.05) is 12.2 Å². The fraction of sp³-hybridized carbons (Fsp3) is 0.500. The predicted molar refractivity (Wildman–Crippen MR) is 31.6 cm³/mol. The van der Waals surface area contributed by atoms with Gasteiger partial charge in [0.2, 0.25) is 0 Å². The van der Waals surface area contributed by atoms with Crippen molar-refractivity contribution >= 4 is 5.97 Å². The lowest BCUT2D eigenvalue weighted by molar-refractivity contribution is -0.139. The molecule has 0 radical (unpaired) electrons. The van der Waals surface area contributed by atoms with Crippen LogP contribution in [0, 0.1) is 5.92 Å². The fourth-order valence-corrected chi connectivity index (χ4v) is 0.211. The molecule has 0 aromatic heterocycles.